The molecule has 2 N–H and O–H groups in total. The average Bonchev–Trinajstić information content (AvgIpc) is 2.83. The molecule has 4 bridgehead atoms. The van der Waals surface area contributed by atoms with Crippen LogP contribution in [0.2, 0.25) is 0 Å². The Hall–Kier alpha value is -3.41. The fourth-order valence-electron chi connectivity index (χ4n) is 7.51. The summed E-state index contributed by atoms with van der Waals surface area (Å²) in [5.41, 5.74) is 3.93. The molecule has 4 aliphatic rings. The van der Waals surface area contributed by atoms with Crippen LogP contribution >= 0.6 is 0 Å². The molecular formula is C29H31N3O3. The van der Waals surface area contributed by atoms with Gasteiger partial charge in [-0.25, -0.2) is 5.43 Å². The van der Waals surface area contributed by atoms with Gasteiger partial charge in [0.15, 0.2) is 0 Å². The van der Waals surface area contributed by atoms with Crippen molar-refractivity contribution in [2.75, 3.05) is 0 Å². The van der Waals surface area contributed by atoms with Crippen molar-refractivity contribution >= 4 is 22.9 Å². The van der Waals surface area contributed by atoms with Gasteiger partial charge in [0, 0.05) is 17.2 Å². The largest absolute Gasteiger partial charge is 0.494 e. The summed E-state index contributed by atoms with van der Waals surface area (Å²) in [6.07, 6.45) is 9.56. The molecule has 0 saturated heterocycles. The van der Waals surface area contributed by atoms with Crippen LogP contribution in [0.4, 0.5) is 0 Å². The third-order valence-electron chi connectivity index (χ3n) is 8.46. The number of fused-ring (bicyclic) bond motifs is 1. The molecule has 0 unspecified atom stereocenters. The quantitative estimate of drug-likeness (QED) is 0.401. The first-order valence-corrected chi connectivity index (χ1v) is 12.7. The van der Waals surface area contributed by atoms with Gasteiger partial charge in [-0.1, -0.05) is 48.5 Å². The lowest BCUT2D eigenvalue weighted by molar-refractivity contribution is -0.129. The number of benzene rings is 2. The molecule has 7 rings (SSSR count). The number of hydrogen-bond donors (Lipinski definition) is 2. The molecule has 1 aromatic heterocycles. The van der Waals surface area contributed by atoms with Gasteiger partial charge >= 0.3 is 0 Å². The van der Waals surface area contributed by atoms with Crippen molar-refractivity contribution in [3.8, 4) is 5.88 Å². The standard InChI is InChI=1S/C29H31N3O3/c33-26(16-29-13-20-10-21(14-29)12-22(11-20)15-29)31-30-17-25-23-8-4-5-9-24(23)27(34)32(28(25)35)18-19-6-2-1-3-7-19/h1-9,17,20-22,35H,10-16,18H2,(H,31,33). The first-order chi connectivity index (χ1) is 17.0. The molecule has 0 spiro atoms. The van der Waals surface area contributed by atoms with E-state index in [2.05, 4.69) is 10.5 Å². The number of nitrogens with zero attached hydrogens (tertiary/aromatic N) is 2. The summed E-state index contributed by atoms with van der Waals surface area (Å²) < 4.78 is 1.36. The molecule has 1 heterocycles. The molecule has 4 saturated carbocycles. The van der Waals surface area contributed by atoms with E-state index < -0.39 is 0 Å². The summed E-state index contributed by atoms with van der Waals surface area (Å²) in [7, 11) is 0. The van der Waals surface area contributed by atoms with Crippen LogP contribution in [0.5, 0.6) is 5.88 Å². The summed E-state index contributed by atoms with van der Waals surface area (Å²) in [4.78, 5) is 26.0. The highest BCUT2D eigenvalue weighted by molar-refractivity contribution is 6.01. The monoisotopic (exact) mass is 469 g/mol. The van der Waals surface area contributed by atoms with E-state index in [-0.39, 0.29) is 29.3 Å². The zero-order valence-corrected chi connectivity index (χ0v) is 19.8. The number of aromatic hydroxyl groups is 1. The summed E-state index contributed by atoms with van der Waals surface area (Å²) >= 11 is 0. The highest BCUT2D eigenvalue weighted by atomic mass is 16.3. The molecule has 3 aromatic rings. The number of hydrazone groups is 1. The van der Waals surface area contributed by atoms with Crippen molar-refractivity contribution in [1.82, 2.24) is 9.99 Å². The number of hydrogen-bond acceptors (Lipinski definition) is 4. The van der Waals surface area contributed by atoms with Crippen molar-refractivity contribution < 1.29 is 9.90 Å². The van der Waals surface area contributed by atoms with Gasteiger partial charge in [-0.15, -0.1) is 0 Å². The van der Waals surface area contributed by atoms with Gasteiger partial charge in [0.05, 0.1) is 18.3 Å². The molecule has 35 heavy (non-hydrogen) atoms. The van der Waals surface area contributed by atoms with Gasteiger partial charge in [-0.2, -0.15) is 5.10 Å². The number of pyridine rings is 1. The van der Waals surface area contributed by atoms with Crippen LogP contribution in [0.1, 0.15) is 56.1 Å². The molecule has 0 radical (unpaired) electrons. The van der Waals surface area contributed by atoms with Crippen molar-refractivity contribution in [2.24, 2.45) is 28.3 Å². The fraction of sp³-hybridized carbons (Fsp3) is 0.414. The molecule has 180 valence electrons. The number of amides is 1. The number of aromatic nitrogens is 1. The topological polar surface area (TPSA) is 83.7 Å². The highest BCUT2D eigenvalue weighted by Crippen LogP contribution is 2.61. The first kappa shape index (κ1) is 22.1. The van der Waals surface area contributed by atoms with Crippen LogP contribution < -0.4 is 11.0 Å². The summed E-state index contributed by atoms with van der Waals surface area (Å²) in [6.45, 7) is 0.246. The van der Waals surface area contributed by atoms with Crippen LogP contribution in [0, 0.1) is 23.2 Å². The lowest BCUT2D eigenvalue weighted by atomic mass is 9.49. The van der Waals surface area contributed by atoms with Gasteiger partial charge in [0.2, 0.25) is 11.8 Å². The van der Waals surface area contributed by atoms with Crippen LogP contribution in [-0.2, 0) is 11.3 Å². The molecule has 6 nitrogen and oxygen atoms in total. The van der Waals surface area contributed by atoms with E-state index in [4.69, 9.17) is 0 Å². The number of nitrogens with one attached hydrogen (secondary N) is 1. The third kappa shape index (κ3) is 4.15. The van der Waals surface area contributed by atoms with E-state index in [1.54, 1.807) is 12.1 Å². The predicted octanol–water partition coefficient (Wildman–Crippen LogP) is 4.81. The molecule has 2 aromatic carbocycles. The molecule has 0 aliphatic heterocycles. The summed E-state index contributed by atoms with van der Waals surface area (Å²) in [5, 5.41) is 16.4. The maximum absolute atomic E-state index is 13.1. The fourth-order valence-corrected chi connectivity index (χ4v) is 7.51. The predicted molar refractivity (Wildman–Crippen MR) is 136 cm³/mol. The van der Waals surface area contributed by atoms with E-state index in [9.17, 15) is 14.7 Å². The maximum atomic E-state index is 13.1. The number of carbonyl (C=O) groups is 1. The van der Waals surface area contributed by atoms with Crippen molar-refractivity contribution in [3.63, 3.8) is 0 Å². The van der Waals surface area contributed by atoms with Crippen molar-refractivity contribution in [2.45, 2.75) is 51.5 Å². The Kier molecular flexibility index (Phi) is 5.47. The van der Waals surface area contributed by atoms with Gasteiger partial charge in [-0.05, 0) is 73.3 Å². The average molecular weight is 470 g/mol. The van der Waals surface area contributed by atoms with Crippen LogP contribution in [-0.4, -0.2) is 21.8 Å². The highest BCUT2D eigenvalue weighted by Gasteiger charge is 2.51. The van der Waals surface area contributed by atoms with Crippen LogP contribution in [0.3, 0.4) is 0 Å². The number of rotatable bonds is 6. The molecule has 4 aliphatic carbocycles. The Labute approximate surface area is 204 Å². The molecule has 4 fully saturated rings. The van der Waals surface area contributed by atoms with Crippen molar-refractivity contribution in [1.29, 1.82) is 0 Å². The Bertz CT molecular complexity index is 1320. The lowest BCUT2D eigenvalue weighted by Gasteiger charge is -2.56. The smallest absolute Gasteiger partial charge is 0.261 e. The van der Waals surface area contributed by atoms with Crippen molar-refractivity contribution in [3.05, 3.63) is 76.1 Å². The second kappa shape index (κ2) is 8.67. The maximum Gasteiger partial charge on any atom is 0.261 e. The zero-order chi connectivity index (χ0) is 24.0. The minimum Gasteiger partial charge on any atom is -0.494 e. The minimum atomic E-state index is -0.259. The summed E-state index contributed by atoms with van der Waals surface area (Å²) in [5.74, 6) is 2.17. The lowest BCUT2D eigenvalue weighted by Crippen LogP contribution is -2.47. The second-order valence-corrected chi connectivity index (χ2v) is 11.0. The van der Waals surface area contributed by atoms with E-state index in [0.29, 0.717) is 22.8 Å². The van der Waals surface area contributed by atoms with E-state index in [1.807, 2.05) is 42.5 Å². The van der Waals surface area contributed by atoms with Gasteiger partial charge < -0.3 is 5.11 Å². The van der Waals surface area contributed by atoms with Gasteiger partial charge in [0.1, 0.15) is 0 Å². The minimum absolute atomic E-state index is 0.0652. The van der Waals surface area contributed by atoms with E-state index in [0.717, 1.165) is 23.3 Å². The van der Waals surface area contributed by atoms with Crippen LogP contribution in [0.15, 0.2) is 64.5 Å². The first-order valence-electron chi connectivity index (χ1n) is 12.7. The Morgan fingerprint density at radius 1 is 0.971 bits per heavy atom. The molecular weight excluding hydrogens is 438 g/mol. The zero-order valence-electron chi connectivity index (χ0n) is 19.8. The SMILES string of the molecule is O=C(CC12CC3CC(CC(C3)C1)C2)NN=Cc1c(O)n(Cc2ccccc2)c(=O)c2ccccc12. The summed E-state index contributed by atoms with van der Waals surface area (Å²) in [6, 6.07) is 16.7. The second-order valence-electron chi connectivity index (χ2n) is 11.0. The third-order valence-corrected chi connectivity index (χ3v) is 8.46. The Morgan fingerprint density at radius 3 is 2.23 bits per heavy atom. The number of carbonyl (C=O) groups excluding carboxylic acids is 1. The van der Waals surface area contributed by atoms with E-state index >= 15 is 0 Å². The van der Waals surface area contributed by atoms with Gasteiger partial charge in [-0.3, -0.25) is 14.2 Å². The molecule has 0 atom stereocenters. The Balaban J connectivity index is 1.25. The Morgan fingerprint density at radius 2 is 1.57 bits per heavy atom. The van der Waals surface area contributed by atoms with E-state index in [1.165, 1.54) is 49.3 Å². The van der Waals surface area contributed by atoms with Crippen LogP contribution in [0.25, 0.3) is 10.8 Å². The molecule has 6 heteroatoms. The van der Waals surface area contributed by atoms with Gasteiger partial charge in [0.25, 0.3) is 5.56 Å². The molecule has 1 amide bonds. The normalized spacial score (nSPS) is 27.0.